The van der Waals surface area contributed by atoms with Gasteiger partial charge in [0.1, 0.15) is 0 Å². The monoisotopic (exact) mass is 292 g/mol. The molecule has 0 bridgehead atoms. The lowest BCUT2D eigenvalue weighted by Crippen LogP contribution is -1.98. The summed E-state index contributed by atoms with van der Waals surface area (Å²) in [5, 5.41) is 0. The van der Waals surface area contributed by atoms with E-state index in [-0.39, 0.29) is 5.78 Å². The topological polar surface area (TPSA) is 17.1 Å². The highest BCUT2D eigenvalue weighted by Gasteiger charge is 2.06. The highest BCUT2D eigenvalue weighted by Crippen LogP contribution is 2.18. The Kier molecular flexibility index (Phi) is 3.58. The molecule has 0 amide bonds. The van der Waals surface area contributed by atoms with Crippen LogP contribution in [0.1, 0.15) is 23.7 Å². The van der Waals surface area contributed by atoms with E-state index in [1.54, 1.807) is 0 Å². The summed E-state index contributed by atoms with van der Waals surface area (Å²) in [5.74, 6) is 0.188. The number of thiol groups is 1. The third kappa shape index (κ3) is 2.23. The number of carbonyl (C=O) groups is 1. The van der Waals surface area contributed by atoms with Crippen molar-refractivity contribution in [1.29, 1.82) is 0 Å². The fourth-order valence-electron chi connectivity index (χ4n) is 0.921. The Labute approximate surface area is 91.1 Å². The fraction of sp³-hybridized carbons (Fsp3) is 0.222. The van der Waals surface area contributed by atoms with Crippen molar-refractivity contribution < 1.29 is 4.79 Å². The van der Waals surface area contributed by atoms with Crippen LogP contribution >= 0.6 is 35.2 Å². The van der Waals surface area contributed by atoms with Gasteiger partial charge in [-0.05, 0) is 40.8 Å². The quantitative estimate of drug-likeness (QED) is 0.503. The van der Waals surface area contributed by atoms with Gasteiger partial charge in [0.15, 0.2) is 5.78 Å². The second-order valence-electron chi connectivity index (χ2n) is 2.44. The van der Waals surface area contributed by atoms with Crippen molar-refractivity contribution in [3.8, 4) is 0 Å². The van der Waals surface area contributed by atoms with Crippen LogP contribution in [-0.4, -0.2) is 5.78 Å². The molecule has 0 heterocycles. The van der Waals surface area contributed by atoms with Gasteiger partial charge in [0.25, 0.3) is 0 Å². The van der Waals surface area contributed by atoms with E-state index in [9.17, 15) is 4.79 Å². The van der Waals surface area contributed by atoms with Gasteiger partial charge in [-0.15, -0.1) is 12.6 Å². The van der Waals surface area contributed by atoms with Crippen LogP contribution in [0.5, 0.6) is 0 Å². The SMILES string of the molecule is CCC(=O)c1ccc(S)cc1I. The number of rotatable bonds is 2. The number of Topliss-reactive ketones (excluding diaryl/α,β-unsaturated/α-hetero) is 1. The van der Waals surface area contributed by atoms with Gasteiger partial charge in [-0.2, -0.15) is 0 Å². The summed E-state index contributed by atoms with van der Waals surface area (Å²) in [5.41, 5.74) is 0.802. The molecule has 1 aromatic rings. The minimum absolute atomic E-state index is 0.188. The molecular weight excluding hydrogens is 283 g/mol. The van der Waals surface area contributed by atoms with E-state index in [2.05, 4.69) is 35.2 Å². The van der Waals surface area contributed by atoms with E-state index in [1.807, 2.05) is 25.1 Å². The molecule has 1 nitrogen and oxygen atoms in total. The van der Waals surface area contributed by atoms with Crippen molar-refractivity contribution in [3.05, 3.63) is 27.3 Å². The van der Waals surface area contributed by atoms with Crippen LogP contribution < -0.4 is 0 Å². The molecule has 1 rings (SSSR count). The average Bonchev–Trinajstić information content (AvgIpc) is 2.03. The zero-order valence-corrected chi connectivity index (χ0v) is 9.72. The predicted octanol–water partition coefficient (Wildman–Crippen LogP) is 3.17. The van der Waals surface area contributed by atoms with Crippen molar-refractivity contribution in [2.75, 3.05) is 0 Å². The van der Waals surface area contributed by atoms with Gasteiger partial charge in [-0.1, -0.05) is 6.92 Å². The summed E-state index contributed by atoms with van der Waals surface area (Å²) in [6, 6.07) is 5.57. The lowest BCUT2D eigenvalue weighted by molar-refractivity contribution is 0.0987. The van der Waals surface area contributed by atoms with E-state index in [0.29, 0.717) is 6.42 Å². The van der Waals surface area contributed by atoms with Gasteiger partial charge < -0.3 is 0 Å². The average molecular weight is 292 g/mol. The first-order valence-electron chi connectivity index (χ1n) is 3.67. The molecule has 0 saturated heterocycles. The number of carbonyl (C=O) groups excluding carboxylic acids is 1. The third-order valence-corrected chi connectivity index (χ3v) is 2.74. The number of hydrogen-bond acceptors (Lipinski definition) is 2. The van der Waals surface area contributed by atoms with E-state index in [4.69, 9.17) is 0 Å². The van der Waals surface area contributed by atoms with Crippen LogP contribution in [0.2, 0.25) is 0 Å². The molecule has 12 heavy (non-hydrogen) atoms. The van der Waals surface area contributed by atoms with Gasteiger partial charge in [0.2, 0.25) is 0 Å². The van der Waals surface area contributed by atoms with Crippen LogP contribution in [0.15, 0.2) is 23.1 Å². The molecule has 0 atom stereocenters. The fourth-order valence-corrected chi connectivity index (χ4v) is 2.19. The van der Waals surface area contributed by atoms with E-state index >= 15 is 0 Å². The van der Waals surface area contributed by atoms with Gasteiger partial charge in [-0.25, -0.2) is 0 Å². The molecule has 1 aromatic carbocycles. The first-order valence-corrected chi connectivity index (χ1v) is 5.19. The second-order valence-corrected chi connectivity index (χ2v) is 4.12. The number of hydrogen-bond donors (Lipinski definition) is 1. The Morgan fingerprint density at radius 2 is 2.25 bits per heavy atom. The van der Waals surface area contributed by atoms with Crippen LogP contribution in [0.25, 0.3) is 0 Å². The molecule has 0 radical (unpaired) electrons. The zero-order chi connectivity index (χ0) is 9.14. The Hall–Kier alpha value is -0.0300. The lowest BCUT2D eigenvalue weighted by atomic mass is 10.1. The van der Waals surface area contributed by atoms with Gasteiger partial charge in [0.05, 0.1) is 0 Å². The Balaban J connectivity index is 3.09. The summed E-state index contributed by atoms with van der Waals surface area (Å²) in [6.45, 7) is 1.87. The van der Waals surface area contributed by atoms with Crippen LogP contribution in [0, 0.1) is 3.57 Å². The van der Waals surface area contributed by atoms with Crippen molar-refractivity contribution in [2.45, 2.75) is 18.2 Å². The molecule has 64 valence electrons. The van der Waals surface area contributed by atoms with Crippen molar-refractivity contribution in [3.63, 3.8) is 0 Å². The molecular formula is C9H9IOS. The standard InChI is InChI=1S/C9H9IOS/c1-2-9(11)7-4-3-6(12)5-8(7)10/h3-5,12H,2H2,1H3. The molecule has 0 aliphatic rings. The van der Waals surface area contributed by atoms with E-state index in [0.717, 1.165) is 14.0 Å². The highest BCUT2D eigenvalue weighted by atomic mass is 127. The number of ketones is 1. The smallest absolute Gasteiger partial charge is 0.163 e. The normalized spacial score (nSPS) is 9.92. The van der Waals surface area contributed by atoms with Crippen molar-refractivity contribution >= 4 is 41.0 Å². The molecule has 3 heteroatoms. The first kappa shape index (κ1) is 10.1. The third-order valence-electron chi connectivity index (χ3n) is 1.57. The molecule has 0 N–H and O–H groups in total. The number of halogens is 1. The summed E-state index contributed by atoms with van der Waals surface area (Å²) in [4.78, 5) is 12.2. The lowest BCUT2D eigenvalue weighted by Gasteiger charge is -2.01. The maximum atomic E-state index is 11.3. The van der Waals surface area contributed by atoms with Gasteiger partial charge >= 0.3 is 0 Å². The molecule has 0 spiro atoms. The first-order chi connectivity index (χ1) is 5.65. The van der Waals surface area contributed by atoms with Crippen molar-refractivity contribution in [1.82, 2.24) is 0 Å². The summed E-state index contributed by atoms with van der Waals surface area (Å²) >= 11 is 6.34. The number of benzene rings is 1. The minimum Gasteiger partial charge on any atom is -0.294 e. The van der Waals surface area contributed by atoms with Crippen molar-refractivity contribution in [2.24, 2.45) is 0 Å². The molecule has 0 fully saturated rings. The maximum Gasteiger partial charge on any atom is 0.163 e. The molecule has 0 unspecified atom stereocenters. The largest absolute Gasteiger partial charge is 0.294 e. The van der Waals surface area contributed by atoms with Gasteiger partial charge in [0, 0.05) is 20.4 Å². The summed E-state index contributed by atoms with van der Waals surface area (Å²) in [6.07, 6.45) is 0.557. The maximum absolute atomic E-state index is 11.3. The van der Waals surface area contributed by atoms with Crippen LogP contribution in [-0.2, 0) is 0 Å². The second kappa shape index (κ2) is 4.28. The molecule has 0 saturated carbocycles. The van der Waals surface area contributed by atoms with Gasteiger partial charge in [-0.3, -0.25) is 4.79 Å². The highest BCUT2D eigenvalue weighted by molar-refractivity contribution is 14.1. The molecule has 0 aliphatic heterocycles. The van der Waals surface area contributed by atoms with E-state index in [1.165, 1.54) is 0 Å². The summed E-state index contributed by atoms with van der Waals surface area (Å²) in [7, 11) is 0. The molecule has 0 aliphatic carbocycles. The van der Waals surface area contributed by atoms with E-state index < -0.39 is 0 Å². The van der Waals surface area contributed by atoms with Crippen LogP contribution in [0.4, 0.5) is 0 Å². The molecule has 0 aromatic heterocycles. The predicted molar refractivity (Wildman–Crippen MR) is 61.0 cm³/mol. The Bertz CT molecular complexity index is 309. The Morgan fingerprint density at radius 1 is 1.58 bits per heavy atom. The van der Waals surface area contributed by atoms with Crippen LogP contribution in [0.3, 0.4) is 0 Å². The summed E-state index contributed by atoms with van der Waals surface area (Å²) < 4.78 is 0.979. The minimum atomic E-state index is 0.188. The Morgan fingerprint density at radius 3 is 2.75 bits per heavy atom. The zero-order valence-electron chi connectivity index (χ0n) is 6.67.